The Morgan fingerprint density at radius 1 is 1.41 bits per heavy atom. The Hall–Kier alpha value is -1.27. The Kier molecular flexibility index (Phi) is 5.24. The molecule has 1 amide bonds. The molecule has 0 bridgehead atoms. The number of nitrogens with one attached hydrogen (secondary N) is 1. The molecule has 1 aromatic rings. The molecule has 1 rings (SSSR count). The monoisotopic (exact) mass is 277 g/mol. The third-order valence-corrected chi connectivity index (χ3v) is 2.89. The number of carbonyl (C=O) groups excluding carboxylic acids is 1. The smallest absolute Gasteiger partial charge is 0.313 e. The molecule has 2 N–H and O–H groups in total. The Morgan fingerprint density at radius 3 is 2.71 bits per heavy atom. The summed E-state index contributed by atoms with van der Waals surface area (Å²) in [5.74, 6) is -2.01. The van der Waals surface area contributed by atoms with Crippen LogP contribution in [0, 0.1) is 5.82 Å². The number of carboxylic acid groups (broad SMARTS) is 1. The van der Waals surface area contributed by atoms with Crippen molar-refractivity contribution in [1.29, 1.82) is 0 Å². The summed E-state index contributed by atoms with van der Waals surface area (Å²) in [5, 5.41) is 10.9. The zero-order valence-electron chi connectivity index (χ0n) is 8.57. The number of carbonyl (C=O) groups is 2. The summed E-state index contributed by atoms with van der Waals surface area (Å²) in [6.07, 6.45) is 0. The van der Waals surface area contributed by atoms with Crippen LogP contribution in [-0.2, 0) is 9.59 Å². The third-order valence-electron chi connectivity index (χ3n) is 1.66. The molecule has 0 saturated carbocycles. The molecule has 92 valence electrons. The molecule has 0 saturated heterocycles. The largest absolute Gasteiger partial charge is 0.481 e. The van der Waals surface area contributed by atoms with Crippen molar-refractivity contribution in [3.8, 4) is 0 Å². The summed E-state index contributed by atoms with van der Waals surface area (Å²) in [7, 11) is 0. The number of anilines is 1. The summed E-state index contributed by atoms with van der Waals surface area (Å²) in [6, 6.07) is 3.60. The van der Waals surface area contributed by atoms with E-state index in [1.807, 2.05) is 0 Å². The molecule has 0 aromatic heterocycles. The van der Waals surface area contributed by atoms with Crippen molar-refractivity contribution in [3.05, 3.63) is 29.0 Å². The molecule has 4 nitrogen and oxygen atoms in total. The van der Waals surface area contributed by atoms with Gasteiger partial charge in [-0.3, -0.25) is 9.59 Å². The van der Waals surface area contributed by atoms with Crippen molar-refractivity contribution in [2.24, 2.45) is 0 Å². The number of carboxylic acids is 1. The first-order chi connectivity index (χ1) is 7.99. The van der Waals surface area contributed by atoms with Gasteiger partial charge in [-0.25, -0.2) is 4.39 Å². The van der Waals surface area contributed by atoms with E-state index in [-0.39, 0.29) is 22.4 Å². The van der Waals surface area contributed by atoms with Crippen molar-refractivity contribution in [2.45, 2.75) is 0 Å². The maximum atomic E-state index is 12.7. The predicted molar refractivity (Wildman–Crippen MR) is 65.0 cm³/mol. The van der Waals surface area contributed by atoms with Crippen molar-refractivity contribution >= 4 is 40.9 Å². The summed E-state index contributed by atoms with van der Waals surface area (Å²) in [6.45, 7) is 0. The van der Waals surface area contributed by atoms with Crippen LogP contribution in [-0.4, -0.2) is 28.5 Å². The average Bonchev–Trinajstić information content (AvgIpc) is 2.21. The summed E-state index contributed by atoms with van der Waals surface area (Å²) < 4.78 is 12.7. The lowest BCUT2D eigenvalue weighted by Gasteiger charge is -2.06. The van der Waals surface area contributed by atoms with Crippen LogP contribution in [0.3, 0.4) is 0 Å². The van der Waals surface area contributed by atoms with Crippen LogP contribution < -0.4 is 5.32 Å². The van der Waals surface area contributed by atoms with E-state index in [0.29, 0.717) is 5.69 Å². The van der Waals surface area contributed by atoms with Gasteiger partial charge in [0, 0.05) is 0 Å². The van der Waals surface area contributed by atoms with E-state index in [9.17, 15) is 14.0 Å². The van der Waals surface area contributed by atoms with Crippen LogP contribution in [0.5, 0.6) is 0 Å². The molecule has 0 atom stereocenters. The SMILES string of the molecule is O=C(O)CSCC(=O)Nc1ccc(F)cc1Cl. The first-order valence-electron chi connectivity index (χ1n) is 4.53. The number of hydrogen-bond acceptors (Lipinski definition) is 3. The summed E-state index contributed by atoms with van der Waals surface area (Å²) >= 11 is 6.67. The zero-order chi connectivity index (χ0) is 12.8. The van der Waals surface area contributed by atoms with Crippen LogP contribution in [0.25, 0.3) is 0 Å². The van der Waals surface area contributed by atoms with Gasteiger partial charge >= 0.3 is 5.97 Å². The molecular formula is C10H9ClFNO3S. The van der Waals surface area contributed by atoms with Gasteiger partial charge in [-0.1, -0.05) is 11.6 Å². The van der Waals surface area contributed by atoms with E-state index >= 15 is 0 Å². The number of halogens is 2. The van der Waals surface area contributed by atoms with Crippen molar-refractivity contribution < 1.29 is 19.1 Å². The number of benzene rings is 1. The minimum absolute atomic E-state index is 0.00000528. The standard InChI is InChI=1S/C10H9ClFNO3S/c11-7-3-6(12)1-2-8(7)13-9(14)4-17-5-10(15)16/h1-3H,4-5H2,(H,13,14)(H,15,16). The van der Waals surface area contributed by atoms with Crippen LogP contribution in [0.1, 0.15) is 0 Å². The van der Waals surface area contributed by atoms with Gasteiger partial charge in [-0.2, -0.15) is 0 Å². The maximum absolute atomic E-state index is 12.7. The second-order valence-electron chi connectivity index (χ2n) is 3.06. The van der Waals surface area contributed by atoms with Crippen LogP contribution in [0.2, 0.25) is 5.02 Å². The zero-order valence-corrected chi connectivity index (χ0v) is 10.1. The van der Waals surface area contributed by atoms with Gasteiger partial charge in [0.1, 0.15) is 5.82 Å². The van der Waals surface area contributed by atoms with Gasteiger partial charge in [0.25, 0.3) is 0 Å². The van der Waals surface area contributed by atoms with Gasteiger partial charge in [0.15, 0.2) is 0 Å². The Labute approximate surface area is 106 Å². The van der Waals surface area contributed by atoms with Crippen molar-refractivity contribution in [1.82, 2.24) is 0 Å². The third kappa shape index (κ3) is 5.06. The van der Waals surface area contributed by atoms with E-state index < -0.39 is 11.8 Å². The highest BCUT2D eigenvalue weighted by Gasteiger charge is 2.07. The minimum Gasteiger partial charge on any atom is -0.481 e. The Bertz CT molecular complexity index is 442. The molecule has 0 heterocycles. The molecule has 0 unspecified atom stereocenters. The van der Waals surface area contributed by atoms with Crippen LogP contribution >= 0.6 is 23.4 Å². The highest BCUT2D eigenvalue weighted by Crippen LogP contribution is 2.22. The van der Waals surface area contributed by atoms with Crippen molar-refractivity contribution in [2.75, 3.05) is 16.8 Å². The Morgan fingerprint density at radius 2 is 2.12 bits per heavy atom. The highest BCUT2D eigenvalue weighted by atomic mass is 35.5. The molecule has 17 heavy (non-hydrogen) atoms. The topological polar surface area (TPSA) is 66.4 Å². The number of rotatable bonds is 5. The lowest BCUT2D eigenvalue weighted by Crippen LogP contribution is -2.15. The lowest BCUT2D eigenvalue weighted by atomic mass is 10.3. The molecular weight excluding hydrogens is 269 g/mol. The molecule has 0 aliphatic carbocycles. The predicted octanol–water partition coefficient (Wildman–Crippen LogP) is 2.24. The fourth-order valence-corrected chi connectivity index (χ4v) is 1.76. The number of thioether (sulfide) groups is 1. The number of hydrogen-bond donors (Lipinski definition) is 2. The van der Waals surface area contributed by atoms with Gasteiger partial charge in [0.05, 0.1) is 22.2 Å². The molecule has 0 spiro atoms. The highest BCUT2D eigenvalue weighted by molar-refractivity contribution is 8.00. The molecule has 7 heteroatoms. The quantitative estimate of drug-likeness (QED) is 0.866. The van der Waals surface area contributed by atoms with Crippen molar-refractivity contribution in [3.63, 3.8) is 0 Å². The molecule has 0 aliphatic heterocycles. The average molecular weight is 278 g/mol. The van der Waals surface area contributed by atoms with Crippen LogP contribution in [0.4, 0.5) is 10.1 Å². The van der Waals surface area contributed by atoms with Gasteiger partial charge in [-0.05, 0) is 18.2 Å². The van der Waals surface area contributed by atoms with Gasteiger partial charge in [-0.15, -0.1) is 11.8 Å². The van der Waals surface area contributed by atoms with E-state index in [4.69, 9.17) is 16.7 Å². The maximum Gasteiger partial charge on any atom is 0.313 e. The van der Waals surface area contributed by atoms with E-state index in [1.54, 1.807) is 0 Å². The first kappa shape index (κ1) is 13.8. The second kappa shape index (κ2) is 6.46. The summed E-state index contributed by atoms with van der Waals surface area (Å²) in [4.78, 5) is 21.6. The van der Waals surface area contributed by atoms with Crippen LogP contribution in [0.15, 0.2) is 18.2 Å². The molecule has 0 aliphatic rings. The Balaban J connectivity index is 2.48. The molecule has 1 aromatic carbocycles. The fraction of sp³-hybridized carbons (Fsp3) is 0.200. The van der Waals surface area contributed by atoms with Gasteiger partial charge < -0.3 is 10.4 Å². The summed E-state index contributed by atoms with van der Waals surface area (Å²) in [5.41, 5.74) is 0.300. The molecule has 0 fully saturated rings. The first-order valence-corrected chi connectivity index (χ1v) is 6.06. The number of aliphatic carboxylic acids is 1. The van der Waals surface area contributed by atoms with E-state index in [2.05, 4.69) is 5.32 Å². The normalized spacial score (nSPS) is 10.0. The van der Waals surface area contributed by atoms with E-state index in [1.165, 1.54) is 12.1 Å². The lowest BCUT2D eigenvalue weighted by molar-refractivity contribution is -0.133. The fourth-order valence-electron chi connectivity index (χ4n) is 1.01. The van der Waals surface area contributed by atoms with Gasteiger partial charge in [0.2, 0.25) is 5.91 Å². The molecule has 0 radical (unpaired) electrons. The second-order valence-corrected chi connectivity index (χ2v) is 4.45. The minimum atomic E-state index is -0.984. The van der Waals surface area contributed by atoms with E-state index in [0.717, 1.165) is 17.8 Å². The number of amides is 1.